The molecular formula is C19H15Cl2NO4. The standard InChI is InChI=1S/C19H15Cl2NO4/c1-2-25-17-9-13(7-14(10-22)19(23)24)8-16(21)18(17)26-11-12-3-5-15(20)6-4-12/h3-9H,2,11H2,1H3,(H,23,24). The van der Waals surface area contributed by atoms with E-state index in [0.29, 0.717) is 28.7 Å². The van der Waals surface area contributed by atoms with Gasteiger partial charge in [0.1, 0.15) is 18.2 Å². The summed E-state index contributed by atoms with van der Waals surface area (Å²) in [5.41, 5.74) is 0.920. The van der Waals surface area contributed by atoms with Crippen molar-refractivity contribution >= 4 is 35.2 Å². The Labute approximate surface area is 161 Å². The zero-order valence-electron chi connectivity index (χ0n) is 13.8. The lowest BCUT2D eigenvalue weighted by Crippen LogP contribution is -2.01. The number of ether oxygens (including phenoxy) is 2. The van der Waals surface area contributed by atoms with Gasteiger partial charge in [0.25, 0.3) is 0 Å². The quantitative estimate of drug-likeness (QED) is 0.532. The number of hydrogen-bond donors (Lipinski definition) is 1. The summed E-state index contributed by atoms with van der Waals surface area (Å²) in [6.45, 7) is 2.42. The van der Waals surface area contributed by atoms with Crippen molar-refractivity contribution in [2.24, 2.45) is 0 Å². The molecule has 7 heteroatoms. The fraction of sp³-hybridized carbons (Fsp3) is 0.158. The molecule has 2 aromatic carbocycles. The first-order valence-corrected chi connectivity index (χ1v) is 8.38. The van der Waals surface area contributed by atoms with Crippen molar-refractivity contribution in [3.63, 3.8) is 0 Å². The minimum Gasteiger partial charge on any atom is -0.490 e. The summed E-state index contributed by atoms with van der Waals surface area (Å²) >= 11 is 12.1. The zero-order chi connectivity index (χ0) is 19.1. The smallest absolute Gasteiger partial charge is 0.346 e. The molecule has 0 amide bonds. The summed E-state index contributed by atoms with van der Waals surface area (Å²) in [6.07, 6.45) is 1.22. The second-order valence-electron chi connectivity index (χ2n) is 5.15. The van der Waals surface area contributed by atoms with E-state index in [-0.39, 0.29) is 11.6 Å². The Morgan fingerprint density at radius 1 is 1.23 bits per heavy atom. The summed E-state index contributed by atoms with van der Waals surface area (Å²) in [7, 11) is 0. The van der Waals surface area contributed by atoms with Gasteiger partial charge in [-0.3, -0.25) is 0 Å². The number of nitrogens with zero attached hydrogens (tertiary/aromatic N) is 1. The minimum atomic E-state index is -1.32. The van der Waals surface area contributed by atoms with Crippen LogP contribution in [-0.4, -0.2) is 17.7 Å². The van der Waals surface area contributed by atoms with E-state index < -0.39 is 11.5 Å². The van der Waals surface area contributed by atoms with Crippen molar-refractivity contribution in [1.29, 1.82) is 5.26 Å². The van der Waals surface area contributed by atoms with Gasteiger partial charge in [0.2, 0.25) is 0 Å². The molecule has 0 saturated heterocycles. The fourth-order valence-corrected chi connectivity index (χ4v) is 2.52. The lowest BCUT2D eigenvalue weighted by atomic mass is 10.1. The minimum absolute atomic E-state index is 0.249. The molecule has 0 bridgehead atoms. The summed E-state index contributed by atoms with van der Waals surface area (Å²) in [4.78, 5) is 11.0. The van der Waals surface area contributed by atoms with E-state index in [9.17, 15) is 4.79 Å². The Morgan fingerprint density at radius 2 is 1.92 bits per heavy atom. The molecule has 134 valence electrons. The second kappa shape index (κ2) is 9.14. The number of rotatable bonds is 7. The molecule has 5 nitrogen and oxygen atoms in total. The molecule has 1 N–H and O–H groups in total. The highest BCUT2D eigenvalue weighted by molar-refractivity contribution is 6.32. The first-order chi connectivity index (χ1) is 12.4. The molecule has 0 spiro atoms. The van der Waals surface area contributed by atoms with Crippen LogP contribution in [0, 0.1) is 11.3 Å². The number of hydrogen-bond acceptors (Lipinski definition) is 4. The Kier molecular flexibility index (Phi) is 6.90. The number of carbonyl (C=O) groups is 1. The van der Waals surface area contributed by atoms with Gasteiger partial charge in [-0.1, -0.05) is 35.3 Å². The number of halogens is 2. The highest BCUT2D eigenvalue weighted by Crippen LogP contribution is 2.38. The van der Waals surface area contributed by atoms with Gasteiger partial charge in [-0.05, 0) is 48.4 Å². The normalized spacial score (nSPS) is 10.9. The highest BCUT2D eigenvalue weighted by atomic mass is 35.5. The van der Waals surface area contributed by atoms with Gasteiger partial charge in [-0.25, -0.2) is 4.79 Å². The van der Waals surface area contributed by atoms with Crippen LogP contribution >= 0.6 is 23.2 Å². The average Bonchev–Trinajstić information content (AvgIpc) is 2.60. The van der Waals surface area contributed by atoms with Crippen LogP contribution in [0.15, 0.2) is 42.0 Å². The molecule has 0 radical (unpaired) electrons. The molecule has 0 aromatic heterocycles. The Hall–Kier alpha value is -2.68. The van der Waals surface area contributed by atoms with E-state index in [1.807, 2.05) is 12.1 Å². The van der Waals surface area contributed by atoms with Crippen molar-refractivity contribution < 1.29 is 19.4 Å². The number of benzene rings is 2. The third kappa shape index (κ3) is 5.16. The number of carboxylic acids is 1. The average molecular weight is 392 g/mol. The molecule has 0 aliphatic heterocycles. The van der Waals surface area contributed by atoms with Crippen LogP contribution in [-0.2, 0) is 11.4 Å². The summed E-state index contributed by atoms with van der Waals surface area (Å²) < 4.78 is 11.3. The fourth-order valence-electron chi connectivity index (χ4n) is 2.12. The van der Waals surface area contributed by atoms with Gasteiger partial charge in [-0.15, -0.1) is 0 Å². The third-order valence-electron chi connectivity index (χ3n) is 3.29. The van der Waals surface area contributed by atoms with Crippen molar-refractivity contribution in [3.8, 4) is 17.6 Å². The van der Waals surface area contributed by atoms with Crippen molar-refractivity contribution in [3.05, 3.63) is 63.1 Å². The summed E-state index contributed by atoms with van der Waals surface area (Å²) in [5, 5.41) is 18.7. The number of aliphatic carboxylic acids is 1. The monoisotopic (exact) mass is 391 g/mol. The predicted molar refractivity (Wildman–Crippen MR) is 99.6 cm³/mol. The van der Waals surface area contributed by atoms with Crippen molar-refractivity contribution in [1.82, 2.24) is 0 Å². The third-order valence-corrected chi connectivity index (χ3v) is 3.82. The first kappa shape index (κ1) is 19.6. The molecule has 0 aliphatic rings. The maximum atomic E-state index is 11.0. The van der Waals surface area contributed by atoms with Gasteiger partial charge in [-0.2, -0.15) is 5.26 Å². The number of carboxylic acid groups (broad SMARTS) is 1. The Bertz CT molecular complexity index is 870. The molecule has 0 saturated carbocycles. The van der Waals surface area contributed by atoms with E-state index in [1.165, 1.54) is 12.1 Å². The van der Waals surface area contributed by atoms with E-state index in [0.717, 1.165) is 5.56 Å². The van der Waals surface area contributed by atoms with Crippen molar-refractivity contribution in [2.45, 2.75) is 13.5 Å². The molecule has 0 aliphatic carbocycles. The maximum absolute atomic E-state index is 11.0. The number of nitriles is 1. The predicted octanol–water partition coefficient (Wildman–Crippen LogP) is 4.96. The van der Waals surface area contributed by atoms with Gasteiger partial charge in [0, 0.05) is 5.02 Å². The van der Waals surface area contributed by atoms with Gasteiger partial charge >= 0.3 is 5.97 Å². The molecule has 0 heterocycles. The first-order valence-electron chi connectivity index (χ1n) is 7.63. The van der Waals surface area contributed by atoms with Crippen LogP contribution in [0.25, 0.3) is 6.08 Å². The maximum Gasteiger partial charge on any atom is 0.346 e. The van der Waals surface area contributed by atoms with Crippen LogP contribution in [0.4, 0.5) is 0 Å². The molecule has 26 heavy (non-hydrogen) atoms. The zero-order valence-corrected chi connectivity index (χ0v) is 15.3. The van der Waals surface area contributed by atoms with E-state index in [4.69, 9.17) is 43.0 Å². The summed E-state index contributed by atoms with van der Waals surface area (Å²) in [6, 6.07) is 11.9. The van der Waals surface area contributed by atoms with Crippen LogP contribution in [0.3, 0.4) is 0 Å². The van der Waals surface area contributed by atoms with E-state index in [1.54, 1.807) is 31.2 Å². The van der Waals surface area contributed by atoms with E-state index in [2.05, 4.69) is 0 Å². The second-order valence-corrected chi connectivity index (χ2v) is 6.00. The molecule has 0 atom stereocenters. The highest BCUT2D eigenvalue weighted by Gasteiger charge is 2.14. The topological polar surface area (TPSA) is 79.5 Å². The molecule has 0 unspecified atom stereocenters. The molecular weight excluding hydrogens is 377 g/mol. The van der Waals surface area contributed by atoms with Gasteiger partial charge in [0.15, 0.2) is 11.5 Å². The van der Waals surface area contributed by atoms with Crippen LogP contribution in [0.1, 0.15) is 18.1 Å². The van der Waals surface area contributed by atoms with Gasteiger partial charge < -0.3 is 14.6 Å². The Balaban J connectivity index is 2.32. The summed E-state index contributed by atoms with van der Waals surface area (Å²) in [5.74, 6) is -0.609. The lowest BCUT2D eigenvalue weighted by Gasteiger charge is -2.14. The largest absolute Gasteiger partial charge is 0.490 e. The van der Waals surface area contributed by atoms with E-state index >= 15 is 0 Å². The van der Waals surface area contributed by atoms with Crippen LogP contribution in [0.5, 0.6) is 11.5 Å². The Morgan fingerprint density at radius 3 is 2.50 bits per heavy atom. The van der Waals surface area contributed by atoms with Crippen molar-refractivity contribution in [2.75, 3.05) is 6.61 Å². The molecule has 0 fully saturated rings. The van der Waals surface area contributed by atoms with Gasteiger partial charge in [0.05, 0.1) is 11.6 Å². The SMILES string of the molecule is CCOc1cc(C=C(C#N)C(=O)O)cc(Cl)c1OCc1ccc(Cl)cc1. The lowest BCUT2D eigenvalue weighted by molar-refractivity contribution is -0.132. The molecule has 2 rings (SSSR count). The molecule has 2 aromatic rings. The van der Waals surface area contributed by atoms with Crippen LogP contribution in [0.2, 0.25) is 10.0 Å². The van der Waals surface area contributed by atoms with Crippen LogP contribution < -0.4 is 9.47 Å².